The topological polar surface area (TPSA) is 15.3 Å². The molecule has 1 rings (SSSR count). The van der Waals surface area contributed by atoms with Crippen LogP contribution in [0.25, 0.3) is 0 Å². The molecular weight excluding hydrogens is 196 g/mol. The third-order valence-corrected chi connectivity index (χ3v) is 3.69. The molecule has 1 N–H and O–H groups in total. The van der Waals surface area contributed by atoms with Crippen molar-refractivity contribution in [3.8, 4) is 0 Å². The number of hydrogen-bond acceptors (Lipinski definition) is 2. The zero-order chi connectivity index (χ0) is 11.9. The van der Waals surface area contributed by atoms with Gasteiger partial charge in [0.2, 0.25) is 0 Å². The summed E-state index contributed by atoms with van der Waals surface area (Å²) in [7, 11) is 0. The number of unbranched alkanes of at least 4 members (excludes halogenated alkanes) is 2. The molecule has 0 aromatic rings. The molecule has 0 aromatic heterocycles. The molecule has 1 fully saturated rings. The molecule has 0 saturated carbocycles. The molecule has 0 aliphatic carbocycles. The summed E-state index contributed by atoms with van der Waals surface area (Å²) in [6.45, 7) is 12.0. The van der Waals surface area contributed by atoms with E-state index in [4.69, 9.17) is 0 Å². The highest BCUT2D eigenvalue weighted by molar-refractivity contribution is 4.91. The maximum Gasteiger partial charge on any atom is 0.0280 e. The predicted molar refractivity (Wildman–Crippen MR) is 71.9 cm³/mol. The molecule has 1 saturated heterocycles. The smallest absolute Gasteiger partial charge is 0.0280 e. The van der Waals surface area contributed by atoms with Gasteiger partial charge in [-0.1, -0.05) is 26.7 Å². The highest BCUT2D eigenvalue weighted by Crippen LogP contribution is 2.20. The first-order valence-corrected chi connectivity index (χ1v) is 7.17. The molecule has 0 aromatic carbocycles. The zero-order valence-electron chi connectivity index (χ0n) is 11.5. The fraction of sp³-hybridized carbons (Fsp3) is 1.00. The molecule has 1 aliphatic heterocycles. The molecule has 1 atom stereocenters. The lowest BCUT2D eigenvalue weighted by molar-refractivity contribution is 0.198. The maximum absolute atomic E-state index is 3.67. The van der Waals surface area contributed by atoms with Gasteiger partial charge in [-0.15, -0.1) is 0 Å². The SMILES string of the molecule is CCCCN(CCCC)CC1(C)CCCN1. The van der Waals surface area contributed by atoms with Crippen LogP contribution in [0, 0.1) is 0 Å². The summed E-state index contributed by atoms with van der Waals surface area (Å²) in [4.78, 5) is 2.67. The van der Waals surface area contributed by atoms with Crippen molar-refractivity contribution >= 4 is 0 Å². The Morgan fingerprint density at radius 3 is 2.19 bits per heavy atom. The van der Waals surface area contributed by atoms with Gasteiger partial charge in [-0.25, -0.2) is 0 Å². The van der Waals surface area contributed by atoms with Crippen molar-refractivity contribution in [2.75, 3.05) is 26.2 Å². The van der Waals surface area contributed by atoms with Gasteiger partial charge in [-0.05, 0) is 52.2 Å². The minimum Gasteiger partial charge on any atom is -0.310 e. The van der Waals surface area contributed by atoms with Crippen molar-refractivity contribution in [1.82, 2.24) is 10.2 Å². The normalized spacial score (nSPS) is 25.5. The molecule has 2 heteroatoms. The fourth-order valence-electron chi connectivity index (χ4n) is 2.62. The van der Waals surface area contributed by atoms with Gasteiger partial charge in [0.15, 0.2) is 0 Å². The Morgan fingerprint density at radius 1 is 1.12 bits per heavy atom. The van der Waals surface area contributed by atoms with Crippen molar-refractivity contribution < 1.29 is 0 Å². The fourth-order valence-corrected chi connectivity index (χ4v) is 2.62. The van der Waals surface area contributed by atoms with Crippen molar-refractivity contribution in [2.45, 2.75) is 64.8 Å². The highest BCUT2D eigenvalue weighted by atomic mass is 15.2. The van der Waals surface area contributed by atoms with Crippen LogP contribution >= 0.6 is 0 Å². The first kappa shape index (κ1) is 14.0. The lowest BCUT2D eigenvalue weighted by atomic mass is 9.99. The maximum atomic E-state index is 3.67. The monoisotopic (exact) mass is 226 g/mol. The Morgan fingerprint density at radius 2 is 1.75 bits per heavy atom. The Hall–Kier alpha value is -0.0800. The average molecular weight is 226 g/mol. The second-order valence-corrected chi connectivity index (χ2v) is 5.57. The number of nitrogens with one attached hydrogen (secondary N) is 1. The van der Waals surface area contributed by atoms with Crippen molar-refractivity contribution in [3.05, 3.63) is 0 Å². The third-order valence-electron chi connectivity index (χ3n) is 3.69. The molecule has 0 amide bonds. The van der Waals surface area contributed by atoms with Gasteiger partial charge in [0.1, 0.15) is 0 Å². The Kier molecular flexibility index (Phi) is 6.37. The third kappa shape index (κ3) is 4.84. The van der Waals surface area contributed by atoms with E-state index in [0.29, 0.717) is 5.54 Å². The summed E-state index contributed by atoms with van der Waals surface area (Å²) in [5.74, 6) is 0. The Bertz CT molecular complexity index is 166. The molecule has 16 heavy (non-hydrogen) atoms. The molecule has 1 unspecified atom stereocenters. The summed E-state index contributed by atoms with van der Waals surface area (Å²) in [6, 6.07) is 0. The second-order valence-electron chi connectivity index (χ2n) is 5.57. The van der Waals surface area contributed by atoms with E-state index >= 15 is 0 Å². The predicted octanol–water partition coefficient (Wildman–Crippen LogP) is 3.03. The van der Waals surface area contributed by atoms with Gasteiger partial charge < -0.3 is 10.2 Å². The minimum atomic E-state index is 0.390. The lowest BCUT2D eigenvalue weighted by Crippen LogP contribution is -2.48. The Balaban J connectivity index is 2.34. The van der Waals surface area contributed by atoms with Gasteiger partial charge >= 0.3 is 0 Å². The van der Waals surface area contributed by atoms with Crippen LogP contribution in [0.3, 0.4) is 0 Å². The molecular formula is C14H30N2. The summed E-state index contributed by atoms with van der Waals surface area (Å²) in [5.41, 5.74) is 0.390. The summed E-state index contributed by atoms with van der Waals surface area (Å²) < 4.78 is 0. The van der Waals surface area contributed by atoms with E-state index in [-0.39, 0.29) is 0 Å². The molecule has 1 heterocycles. The molecule has 0 radical (unpaired) electrons. The van der Waals surface area contributed by atoms with Crippen LogP contribution in [-0.4, -0.2) is 36.6 Å². The van der Waals surface area contributed by atoms with Crippen LogP contribution in [0.2, 0.25) is 0 Å². The number of nitrogens with zero attached hydrogens (tertiary/aromatic N) is 1. The summed E-state index contributed by atoms with van der Waals surface area (Å²) in [5, 5.41) is 3.67. The van der Waals surface area contributed by atoms with E-state index in [1.54, 1.807) is 0 Å². The molecule has 0 bridgehead atoms. The van der Waals surface area contributed by atoms with E-state index in [0.717, 1.165) is 0 Å². The first-order chi connectivity index (χ1) is 7.70. The highest BCUT2D eigenvalue weighted by Gasteiger charge is 2.29. The van der Waals surface area contributed by atoms with Crippen LogP contribution in [0.15, 0.2) is 0 Å². The van der Waals surface area contributed by atoms with E-state index in [1.165, 1.54) is 64.7 Å². The Labute approximate surface area is 102 Å². The average Bonchev–Trinajstić information content (AvgIpc) is 2.69. The van der Waals surface area contributed by atoms with E-state index < -0.39 is 0 Å². The minimum absolute atomic E-state index is 0.390. The van der Waals surface area contributed by atoms with Crippen LogP contribution in [0.5, 0.6) is 0 Å². The summed E-state index contributed by atoms with van der Waals surface area (Å²) in [6.07, 6.45) is 8.02. The molecule has 2 nitrogen and oxygen atoms in total. The second kappa shape index (κ2) is 7.29. The largest absolute Gasteiger partial charge is 0.310 e. The van der Waals surface area contributed by atoms with Gasteiger partial charge in [0, 0.05) is 12.1 Å². The van der Waals surface area contributed by atoms with Gasteiger partial charge in [-0.2, -0.15) is 0 Å². The van der Waals surface area contributed by atoms with Gasteiger partial charge in [0.25, 0.3) is 0 Å². The van der Waals surface area contributed by atoms with Crippen LogP contribution in [0.1, 0.15) is 59.3 Å². The molecule has 96 valence electrons. The number of hydrogen-bond donors (Lipinski definition) is 1. The van der Waals surface area contributed by atoms with E-state index in [9.17, 15) is 0 Å². The summed E-state index contributed by atoms with van der Waals surface area (Å²) >= 11 is 0. The van der Waals surface area contributed by atoms with Gasteiger partial charge in [0.05, 0.1) is 0 Å². The standard InChI is InChI=1S/C14H30N2/c1-4-6-11-16(12-7-5-2)13-14(3)9-8-10-15-14/h15H,4-13H2,1-3H3. The number of rotatable bonds is 8. The van der Waals surface area contributed by atoms with Crippen molar-refractivity contribution in [1.29, 1.82) is 0 Å². The zero-order valence-corrected chi connectivity index (χ0v) is 11.5. The quantitative estimate of drug-likeness (QED) is 0.684. The van der Waals surface area contributed by atoms with Crippen LogP contribution in [0.4, 0.5) is 0 Å². The van der Waals surface area contributed by atoms with E-state index in [2.05, 4.69) is 31.0 Å². The van der Waals surface area contributed by atoms with E-state index in [1.807, 2.05) is 0 Å². The van der Waals surface area contributed by atoms with Crippen molar-refractivity contribution in [3.63, 3.8) is 0 Å². The first-order valence-electron chi connectivity index (χ1n) is 7.17. The van der Waals surface area contributed by atoms with Crippen LogP contribution < -0.4 is 5.32 Å². The van der Waals surface area contributed by atoms with Crippen molar-refractivity contribution in [2.24, 2.45) is 0 Å². The molecule has 0 spiro atoms. The lowest BCUT2D eigenvalue weighted by Gasteiger charge is -2.32. The molecule has 1 aliphatic rings. The van der Waals surface area contributed by atoms with Crippen LogP contribution in [-0.2, 0) is 0 Å². The van der Waals surface area contributed by atoms with Gasteiger partial charge in [-0.3, -0.25) is 0 Å².